The van der Waals surface area contributed by atoms with Gasteiger partial charge in [-0.25, -0.2) is 14.2 Å². The number of hydrogen-bond donors (Lipinski definition) is 1. The molecular weight excluding hydrogens is 285 g/mol. The minimum Gasteiger partial charge on any atom is -0.434 e. The summed E-state index contributed by atoms with van der Waals surface area (Å²) in [6.07, 6.45) is -1.55. The fourth-order valence-electron chi connectivity index (χ4n) is 2.04. The second-order valence-electron chi connectivity index (χ2n) is 4.22. The average Bonchev–Trinajstić information content (AvgIpc) is 3.04. The first kappa shape index (κ1) is 12.8. The van der Waals surface area contributed by atoms with Crippen LogP contribution in [0.5, 0.6) is 0 Å². The molecule has 2 amide bonds. The highest BCUT2D eigenvalue weighted by molar-refractivity contribution is 7.16. The van der Waals surface area contributed by atoms with Crippen molar-refractivity contribution in [2.75, 3.05) is 18.5 Å². The molecule has 0 spiro atoms. The number of rotatable bonds is 2. The zero-order valence-corrected chi connectivity index (χ0v) is 11.2. The van der Waals surface area contributed by atoms with Gasteiger partial charge in [0.2, 0.25) is 0 Å². The minimum absolute atomic E-state index is 0.0578. The third-order valence-corrected chi connectivity index (χ3v) is 3.81. The molecule has 1 aromatic heterocycles. The maximum Gasteiger partial charge on any atom is 0.415 e. The van der Waals surface area contributed by atoms with Crippen LogP contribution in [0.25, 0.3) is 10.2 Å². The zero-order chi connectivity index (χ0) is 14.3. The Hall–Kier alpha value is -2.22. The molecule has 1 saturated heterocycles. The smallest absolute Gasteiger partial charge is 0.415 e. The summed E-state index contributed by atoms with van der Waals surface area (Å²) in [5.41, 5.74) is 2.16. The van der Waals surface area contributed by atoms with E-state index in [4.69, 9.17) is 4.74 Å². The quantitative estimate of drug-likeness (QED) is 0.911. The SMILES string of the molecule is CNC(=O)[C@H]1CN(c2cc(F)c3ncsc3c2)C(=O)O1. The molecule has 0 saturated carbocycles. The first-order chi connectivity index (χ1) is 9.60. The number of halogens is 1. The number of fused-ring (bicyclic) bond motifs is 1. The predicted octanol–water partition coefficient (Wildman–Crippen LogP) is 1.51. The van der Waals surface area contributed by atoms with Gasteiger partial charge in [-0.15, -0.1) is 11.3 Å². The van der Waals surface area contributed by atoms with Crippen molar-refractivity contribution in [1.82, 2.24) is 10.3 Å². The number of amides is 2. The van der Waals surface area contributed by atoms with Crippen LogP contribution in [0.2, 0.25) is 0 Å². The van der Waals surface area contributed by atoms with Crippen molar-refractivity contribution in [3.8, 4) is 0 Å². The van der Waals surface area contributed by atoms with E-state index in [-0.39, 0.29) is 18.0 Å². The summed E-state index contributed by atoms with van der Waals surface area (Å²) < 4.78 is 19.5. The fourth-order valence-corrected chi connectivity index (χ4v) is 2.76. The maximum absolute atomic E-state index is 13.9. The van der Waals surface area contributed by atoms with Crippen LogP contribution in [0, 0.1) is 5.82 Å². The van der Waals surface area contributed by atoms with Crippen LogP contribution in [0.1, 0.15) is 0 Å². The second kappa shape index (κ2) is 4.71. The molecule has 1 fully saturated rings. The van der Waals surface area contributed by atoms with Crippen LogP contribution in [0.4, 0.5) is 14.9 Å². The Kier molecular flexibility index (Phi) is 3.01. The van der Waals surface area contributed by atoms with Crippen LogP contribution in [-0.4, -0.2) is 36.7 Å². The highest BCUT2D eigenvalue weighted by atomic mass is 32.1. The van der Waals surface area contributed by atoms with Crippen LogP contribution in [-0.2, 0) is 9.53 Å². The van der Waals surface area contributed by atoms with Crippen LogP contribution < -0.4 is 10.2 Å². The van der Waals surface area contributed by atoms with E-state index in [0.29, 0.717) is 10.4 Å². The van der Waals surface area contributed by atoms with E-state index in [9.17, 15) is 14.0 Å². The third kappa shape index (κ3) is 1.97. The van der Waals surface area contributed by atoms with E-state index < -0.39 is 18.0 Å². The Morgan fingerprint density at radius 2 is 2.40 bits per heavy atom. The lowest BCUT2D eigenvalue weighted by Gasteiger charge is -2.12. The number of likely N-dealkylation sites (N-methyl/N-ethyl adjacent to an activating group) is 1. The van der Waals surface area contributed by atoms with Gasteiger partial charge < -0.3 is 10.1 Å². The van der Waals surface area contributed by atoms with Gasteiger partial charge in [0.05, 0.1) is 22.4 Å². The average molecular weight is 295 g/mol. The topological polar surface area (TPSA) is 71.5 Å². The molecule has 1 aliphatic heterocycles. The van der Waals surface area contributed by atoms with Crippen molar-refractivity contribution in [3.63, 3.8) is 0 Å². The highest BCUT2D eigenvalue weighted by Crippen LogP contribution is 2.29. The predicted molar refractivity (Wildman–Crippen MR) is 71.3 cm³/mol. The molecule has 0 radical (unpaired) electrons. The lowest BCUT2D eigenvalue weighted by molar-refractivity contribution is -0.127. The van der Waals surface area contributed by atoms with Gasteiger partial charge in [0.1, 0.15) is 5.52 Å². The van der Waals surface area contributed by atoms with Crippen LogP contribution >= 0.6 is 11.3 Å². The largest absolute Gasteiger partial charge is 0.434 e. The third-order valence-electron chi connectivity index (χ3n) is 3.04. The Bertz CT molecular complexity index is 702. The van der Waals surface area contributed by atoms with Gasteiger partial charge in [0, 0.05) is 13.1 Å². The number of aromatic nitrogens is 1. The molecule has 1 aromatic carbocycles. The van der Waals surface area contributed by atoms with E-state index in [0.717, 1.165) is 0 Å². The number of thiazole rings is 1. The number of ether oxygens (including phenoxy) is 1. The van der Waals surface area contributed by atoms with E-state index in [1.807, 2.05) is 0 Å². The number of benzene rings is 1. The summed E-state index contributed by atoms with van der Waals surface area (Å²) in [6, 6.07) is 2.87. The molecule has 8 heteroatoms. The summed E-state index contributed by atoms with van der Waals surface area (Å²) in [6.45, 7) is 0.0578. The Labute approximate surface area is 117 Å². The number of hydrogen-bond acceptors (Lipinski definition) is 5. The van der Waals surface area contributed by atoms with Gasteiger partial charge in [-0.1, -0.05) is 0 Å². The molecule has 1 aliphatic rings. The molecule has 1 atom stereocenters. The maximum atomic E-state index is 13.9. The molecular formula is C12H10FN3O3S. The lowest BCUT2D eigenvalue weighted by atomic mass is 10.2. The molecule has 20 heavy (non-hydrogen) atoms. The van der Waals surface area contributed by atoms with Crippen molar-refractivity contribution in [1.29, 1.82) is 0 Å². The number of carbonyl (C=O) groups excluding carboxylic acids is 2. The van der Waals surface area contributed by atoms with Crippen molar-refractivity contribution in [2.45, 2.75) is 6.10 Å². The molecule has 0 unspecified atom stereocenters. The molecule has 1 N–H and O–H groups in total. The summed E-state index contributed by atoms with van der Waals surface area (Å²) in [5, 5.41) is 2.41. The molecule has 0 aliphatic carbocycles. The molecule has 0 bridgehead atoms. The molecule has 6 nitrogen and oxygen atoms in total. The summed E-state index contributed by atoms with van der Waals surface area (Å²) >= 11 is 1.28. The number of anilines is 1. The number of cyclic esters (lactones) is 1. The normalized spacial score (nSPS) is 18.4. The van der Waals surface area contributed by atoms with E-state index in [1.165, 1.54) is 34.9 Å². The molecule has 3 rings (SSSR count). The van der Waals surface area contributed by atoms with Gasteiger partial charge in [-0.2, -0.15) is 0 Å². The first-order valence-electron chi connectivity index (χ1n) is 5.82. The lowest BCUT2D eigenvalue weighted by Crippen LogP contribution is -2.35. The zero-order valence-electron chi connectivity index (χ0n) is 10.4. The highest BCUT2D eigenvalue weighted by Gasteiger charge is 2.36. The summed E-state index contributed by atoms with van der Waals surface area (Å²) in [5.74, 6) is -0.893. The standard InChI is InChI=1S/C12H10FN3O3S/c1-14-11(17)8-4-16(12(18)19-8)6-2-7(13)10-9(3-6)20-5-15-10/h2-3,5,8H,4H2,1H3,(H,14,17)/t8-/m1/s1. The Morgan fingerprint density at radius 3 is 3.15 bits per heavy atom. The van der Waals surface area contributed by atoms with Crippen LogP contribution in [0.15, 0.2) is 17.6 Å². The van der Waals surface area contributed by atoms with Gasteiger partial charge in [0.25, 0.3) is 5.91 Å². The number of nitrogens with one attached hydrogen (secondary N) is 1. The summed E-state index contributed by atoms with van der Waals surface area (Å²) in [4.78, 5) is 28.4. The van der Waals surface area contributed by atoms with Crippen LogP contribution in [0.3, 0.4) is 0 Å². The van der Waals surface area contributed by atoms with E-state index >= 15 is 0 Å². The Morgan fingerprint density at radius 1 is 1.60 bits per heavy atom. The van der Waals surface area contributed by atoms with Gasteiger partial charge in [-0.3, -0.25) is 9.69 Å². The molecule has 104 valence electrons. The molecule has 2 aromatic rings. The van der Waals surface area contributed by atoms with E-state index in [2.05, 4.69) is 10.3 Å². The van der Waals surface area contributed by atoms with Gasteiger partial charge in [-0.05, 0) is 6.07 Å². The fraction of sp³-hybridized carbons (Fsp3) is 0.250. The Balaban J connectivity index is 1.95. The van der Waals surface area contributed by atoms with Gasteiger partial charge in [0.15, 0.2) is 11.9 Å². The van der Waals surface area contributed by atoms with Crippen molar-refractivity contribution in [2.24, 2.45) is 0 Å². The van der Waals surface area contributed by atoms with Crippen molar-refractivity contribution in [3.05, 3.63) is 23.5 Å². The number of nitrogens with zero attached hydrogens (tertiary/aromatic N) is 2. The first-order valence-corrected chi connectivity index (χ1v) is 6.70. The second-order valence-corrected chi connectivity index (χ2v) is 5.11. The van der Waals surface area contributed by atoms with Crippen molar-refractivity contribution < 1.29 is 18.7 Å². The van der Waals surface area contributed by atoms with Gasteiger partial charge >= 0.3 is 6.09 Å². The minimum atomic E-state index is -0.882. The summed E-state index contributed by atoms with van der Waals surface area (Å²) in [7, 11) is 1.46. The van der Waals surface area contributed by atoms with Crippen molar-refractivity contribution >= 4 is 39.2 Å². The van der Waals surface area contributed by atoms with E-state index in [1.54, 1.807) is 6.07 Å². The number of carbonyl (C=O) groups is 2. The molecule has 2 heterocycles. The monoisotopic (exact) mass is 295 g/mol.